The quantitative estimate of drug-likeness (QED) is 0.468. The Labute approximate surface area is 222 Å². The van der Waals surface area contributed by atoms with Crippen molar-refractivity contribution in [2.45, 2.75) is 75.2 Å². The molecule has 7 rings (SSSR count). The first kappa shape index (κ1) is 23.9. The van der Waals surface area contributed by atoms with E-state index in [9.17, 15) is 4.79 Å². The number of carbonyl (C=O) groups excluding carboxylic acids is 1. The van der Waals surface area contributed by atoms with E-state index in [1.807, 2.05) is 12.1 Å². The third kappa shape index (κ3) is 4.12. The van der Waals surface area contributed by atoms with Gasteiger partial charge in [0.15, 0.2) is 0 Å². The first-order valence-electron chi connectivity index (χ1n) is 14.0. The molecule has 2 aromatic heterocycles. The maximum atomic E-state index is 11.8. The van der Waals surface area contributed by atoms with Gasteiger partial charge in [-0.25, -0.2) is 9.97 Å². The number of benzene rings is 1. The first-order chi connectivity index (χ1) is 18.5. The van der Waals surface area contributed by atoms with Gasteiger partial charge < -0.3 is 25.5 Å². The molecule has 200 valence electrons. The number of anilines is 1. The fraction of sp³-hybridized carbons (Fsp3) is 0.552. The summed E-state index contributed by atoms with van der Waals surface area (Å²) in [5, 5.41) is 0.887. The molecule has 38 heavy (non-hydrogen) atoms. The number of hydrogen-bond donors (Lipinski definition) is 2. The Morgan fingerprint density at radius 3 is 2.79 bits per heavy atom. The number of nitrogens with zero attached hydrogens (tertiary/aromatic N) is 4. The number of fused-ring (bicyclic) bond motifs is 3. The highest BCUT2D eigenvalue weighted by atomic mass is 16.6. The molecule has 1 aliphatic carbocycles. The number of nitrogens with two attached hydrogens (primary N) is 2. The maximum absolute atomic E-state index is 11.8. The molecule has 1 saturated carbocycles. The normalized spacial score (nSPS) is 30.6. The van der Waals surface area contributed by atoms with Crippen LogP contribution in [-0.2, 0) is 9.53 Å². The van der Waals surface area contributed by atoms with Gasteiger partial charge in [-0.3, -0.25) is 9.69 Å². The number of likely N-dealkylation sites (tertiary alicyclic amines) is 1. The predicted molar refractivity (Wildman–Crippen MR) is 144 cm³/mol. The molecule has 3 aromatic rings. The minimum atomic E-state index is -0.194. The monoisotopic (exact) mass is 516 g/mol. The maximum Gasteiger partial charge on any atom is 0.234 e. The van der Waals surface area contributed by atoms with Gasteiger partial charge in [-0.1, -0.05) is 12.1 Å². The molecule has 1 aromatic carbocycles. The first-order valence-corrected chi connectivity index (χ1v) is 14.0. The number of hydrogen-bond acceptors (Lipinski definition) is 7. The average Bonchev–Trinajstić information content (AvgIpc) is 3.68. The van der Waals surface area contributed by atoms with E-state index in [2.05, 4.69) is 37.8 Å². The summed E-state index contributed by atoms with van der Waals surface area (Å²) in [6.07, 6.45) is 12.6. The number of rotatable bonds is 8. The molecule has 9 heteroatoms. The largest absolute Gasteiger partial charge is 0.491 e. The number of nitrogen functional groups attached to an aromatic ring is 1. The molecule has 4 aliphatic rings. The molecular formula is C29H36N6O3. The van der Waals surface area contributed by atoms with Crippen LogP contribution in [0, 0.1) is 5.92 Å². The van der Waals surface area contributed by atoms with Crippen LogP contribution in [0.1, 0.15) is 57.4 Å². The lowest BCUT2D eigenvalue weighted by Gasteiger charge is -2.39. The Bertz CT molecular complexity index is 1360. The van der Waals surface area contributed by atoms with E-state index in [4.69, 9.17) is 20.9 Å². The molecule has 4 N–H and O–H groups in total. The van der Waals surface area contributed by atoms with E-state index in [-0.39, 0.29) is 17.6 Å². The van der Waals surface area contributed by atoms with Gasteiger partial charge in [0.25, 0.3) is 0 Å². The van der Waals surface area contributed by atoms with Gasteiger partial charge in [0.2, 0.25) is 5.91 Å². The molecule has 5 heterocycles. The smallest absolute Gasteiger partial charge is 0.234 e. The lowest BCUT2D eigenvalue weighted by atomic mass is 9.79. The van der Waals surface area contributed by atoms with Gasteiger partial charge in [-0.15, -0.1) is 0 Å². The molecule has 4 fully saturated rings. The molecular weight excluding hydrogens is 480 g/mol. The van der Waals surface area contributed by atoms with Crippen molar-refractivity contribution in [3.63, 3.8) is 0 Å². The van der Waals surface area contributed by atoms with Crippen molar-refractivity contribution in [1.29, 1.82) is 0 Å². The van der Waals surface area contributed by atoms with Crippen LogP contribution < -0.4 is 16.2 Å². The highest BCUT2D eigenvalue weighted by Crippen LogP contribution is 2.45. The molecule has 2 bridgehead atoms. The number of amides is 1. The van der Waals surface area contributed by atoms with Gasteiger partial charge in [0.1, 0.15) is 35.7 Å². The summed E-state index contributed by atoms with van der Waals surface area (Å²) in [4.78, 5) is 23.0. The number of carbonyl (C=O) groups is 1. The van der Waals surface area contributed by atoms with Crippen molar-refractivity contribution in [1.82, 2.24) is 19.4 Å². The molecule has 1 amide bonds. The molecule has 3 aliphatic heterocycles. The van der Waals surface area contributed by atoms with Gasteiger partial charge >= 0.3 is 0 Å². The Hall–Kier alpha value is -3.17. The summed E-state index contributed by atoms with van der Waals surface area (Å²) in [6.45, 7) is 2.48. The number of aromatic nitrogens is 3. The van der Waals surface area contributed by atoms with Crippen molar-refractivity contribution >= 4 is 22.8 Å². The zero-order valence-electron chi connectivity index (χ0n) is 21.7. The second-order valence-corrected chi connectivity index (χ2v) is 11.8. The van der Waals surface area contributed by atoms with Crippen LogP contribution in [0.15, 0.2) is 36.8 Å². The summed E-state index contributed by atoms with van der Waals surface area (Å²) in [7, 11) is 0. The second kappa shape index (κ2) is 9.24. The SMILES string of the molecule is NC(=O)[C@@H]1CCCN1C[C@H]1C[C@H](n2cc(-c3cccc(OCC45CCC(CC4)O5)c3)c3c(N)ncnc32)C1. The molecule has 0 radical (unpaired) electrons. The van der Waals surface area contributed by atoms with Crippen LogP contribution in [0.2, 0.25) is 0 Å². The van der Waals surface area contributed by atoms with Gasteiger partial charge in [0, 0.05) is 24.3 Å². The van der Waals surface area contributed by atoms with E-state index in [0.29, 0.717) is 30.5 Å². The van der Waals surface area contributed by atoms with E-state index in [1.54, 1.807) is 6.33 Å². The summed E-state index contributed by atoms with van der Waals surface area (Å²) in [6, 6.07) is 8.45. The Balaban J connectivity index is 1.10. The topological polar surface area (TPSA) is 122 Å². The van der Waals surface area contributed by atoms with Crippen LogP contribution in [0.3, 0.4) is 0 Å². The van der Waals surface area contributed by atoms with Crippen molar-refractivity contribution in [2.75, 3.05) is 25.4 Å². The standard InChI is InChI=1S/C29H36N6O3/c30-26-25-23(19-3-1-4-22(13-19)37-16-29-8-6-21(38-29)7-9-29)15-35(28(25)33-17-32-26)20-11-18(12-20)14-34-10-2-5-24(34)27(31)36/h1,3-4,13,15,17-18,20-21,24H,2,5-12,14,16H2,(H2,31,36)(H2,30,32,33)/t18-,20-,21?,24-,29?/m0/s1. The van der Waals surface area contributed by atoms with Crippen molar-refractivity contribution in [3.8, 4) is 16.9 Å². The van der Waals surface area contributed by atoms with Crippen LogP contribution in [0.25, 0.3) is 22.2 Å². The average molecular weight is 517 g/mol. The van der Waals surface area contributed by atoms with E-state index in [0.717, 1.165) is 92.4 Å². The molecule has 0 spiro atoms. The predicted octanol–water partition coefficient (Wildman–Crippen LogP) is 3.67. The Kier molecular flexibility index (Phi) is 5.81. The zero-order chi connectivity index (χ0) is 25.9. The van der Waals surface area contributed by atoms with Crippen LogP contribution in [0.5, 0.6) is 5.75 Å². The molecule has 9 nitrogen and oxygen atoms in total. The third-order valence-electron chi connectivity index (χ3n) is 9.34. The van der Waals surface area contributed by atoms with Gasteiger partial charge in [-0.2, -0.15) is 0 Å². The molecule has 3 saturated heterocycles. The van der Waals surface area contributed by atoms with Crippen LogP contribution >= 0.6 is 0 Å². The highest BCUT2D eigenvalue weighted by Gasteiger charge is 2.46. The third-order valence-corrected chi connectivity index (χ3v) is 9.34. The van der Waals surface area contributed by atoms with E-state index < -0.39 is 0 Å². The van der Waals surface area contributed by atoms with Gasteiger partial charge in [0.05, 0.1) is 17.5 Å². The lowest BCUT2D eigenvalue weighted by Crippen LogP contribution is -2.44. The summed E-state index contributed by atoms with van der Waals surface area (Å²) < 4.78 is 14.7. The minimum absolute atomic E-state index is 0.106. The highest BCUT2D eigenvalue weighted by molar-refractivity contribution is 6.00. The summed E-state index contributed by atoms with van der Waals surface area (Å²) in [5.74, 6) is 1.68. The van der Waals surface area contributed by atoms with Crippen molar-refractivity contribution in [3.05, 3.63) is 36.8 Å². The summed E-state index contributed by atoms with van der Waals surface area (Å²) >= 11 is 0. The number of ether oxygens (including phenoxy) is 2. The Morgan fingerprint density at radius 2 is 2.03 bits per heavy atom. The lowest BCUT2D eigenvalue weighted by molar-refractivity contribution is -0.122. The van der Waals surface area contributed by atoms with Crippen molar-refractivity contribution < 1.29 is 14.3 Å². The number of primary amides is 1. The molecule has 0 unspecified atom stereocenters. The minimum Gasteiger partial charge on any atom is -0.491 e. The van der Waals surface area contributed by atoms with Crippen LogP contribution in [0.4, 0.5) is 5.82 Å². The van der Waals surface area contributed by atoms with Crippen LogP contribution in [-0.4, -0.2) is 62.8 Å². The fourth-order valence-electron chi connectivity index (χ4n) is 7.23. The zero-order valence-corrected chi connectivity index (χ0v) is 21.7. The van der Waals surface area contributed by atoms with E-state index >= 15 is 0 Å². The Morgan fingerprint density at radius 1 is 1.18 bits per heavy atom. The fourth-order valence-corrected chi connectivity index (χ4v) is 7.23. The van der Waals surface area contributed by atoms with E-state index in [1.165, 1.54) is 0 Å². The van der Waals surface area contributed by atoms with Crippen molar-refractivity contribution in [2.24, 2.45) is 11.7 Å². The second-order valence-electron chi connectivity index (χ2n) is 11.8. The van der Waals surface area contributed by atoms with Gasteiger partial charge in [-0.05, 0) is 81.5 Å². The molecule has 1 atom stereocenters. The summed E-state index contributed by atoms with van der Waals surface area (Å²) in [5.41, 5.74) is 14.9.